The SMILES string of the molecule is C/C=C/C(=O)O.Cc1ccsc1C(OC[C@H](O)CNC(C)(C)Cc1ccc2ccccc2c1)C1CC1. The summed E-state index contributed by atoms with van der Waals surface area (Å²) in [6, 6.07) is 17.3. The number of aryl methyl sites for hydroxylation is 1. The zero-order chi connectivity index (χ0) is 26.1. The van der Waals surface area contributed by atoms with Gasteiger partial charge in [-0.25, -0.2) is 4.79 Å². The highest BCUT2D eigenvalue weighted by Crippen LogP contribution is 2.45. The van der Waals surface area contributed by atoms with Gasteiger partial charge in [-0.05, 0) is 86.2 Å². The number of carbonyl (C=O) groups is 1. The normalized spacial score (nSPS) is 15.5. The van der Waals surface area contributed by atoms with Gasteiger partial charge in [0, 0.05) is 23.0 Å². The van der Waals surface area contributed by atoms with Crippen molar-refractivity contribution in [3.63, 3.8) is 0 Å². The summed E-state index contributed by atoms with van der Waals surface area (Å²) in [7, 11) is 0. The number of ether oxygens (including phenoxy) is 1. The molecule has 0 bridgehead atoms. The molecule has 0 radical (unpaired) electrons. The number of nitrogens with one attached hydrogen (secondary N) is 1. The average Bonchev–Trinajstić information content (AvgIpc) is 3.59. The summed E-state index contributed by atoms with van der Waals surface area (Å²) in [5.74, 6) is -0.274. The minimum absolute atomic E-state index is 0.107. The van der Waals surface area contributed by atoms with E-state index in [4.69, 9.17) is 9.84 Å². The van der Waals surface area contributed by atoms with E-state index in [1.807, 2.05) is 0 Å². The molecular weight excluding hydrogens is 470 g/mol. The molecule has 3 aromatic rings. The summed E-state index contributed by atoms with van der Waals surface area (Å²) in [6.45, 7) is 9.10. The molecule has 2 atom stereocenters. The molecule has 1 fully saturated rings. The predicted octanol–water partition coefficient (Wildman–Crippen LogP) is 6.30. The lowest BCUT2D eigenvalue weighted by molar-refractivity contribution is -0.131. The second-order valence-electron chi connectivity index (χ2n) is 10.2. The van der Waals surface area contributed by atoms with Crippen LogP contribution in [0, 0.1) is 12.8 Å². The molecule has 0 amide bonds. The largest absolute Gasteiger partial charge is 0.478 e. The van der Waals surface area contributed by atoms with Crippen LogP contribution in [0.25, 0.3) is 10.8 Å². The first-order valence-corrected chi connectivity index (χ1v) is 13.5. The van der Waals surface area contributed by atoms with E-state index in [2.05, 4.69) is 80.0 Å². The van der Waals surface area contributed by atoms with Crippen molar-refractivity contribution in [1.82, 2.24) is 5.32 Å². The molecule has 0 spiro atoms. The molecule has 36 heavy (non-hydrogen) atoms. The van der Waals surface area contributed by atoms with Crippen LogP contribution in [0.2, 0.25) is 0 Å². The standard InChI is InChI=1S/C26H33NO2S.C4H6O2/c1-18-12-13-30-25(18)24(21-10-11-21)29-17-23(28)16-27-26(2,3)15-19-8-9-20-6-4-5-7-22(20)14-19;1-2-3-4(5)6/h4-9,12-14,21,23-24,27-28H,10-11,15-17H2,1-3H3;2-3H,1H3,(H,5,6)/b;3-2+/t23-,24?;/m1./s1. The molecule has 1 aromatic heterocycles. The first-order chi connectivity index (χ1) is 17.2. The van der Waals surface area contributed by atoms with Crippen molar-refractivity contribution in [1.29, 1.82) is 0 Å². The van der Waals surface area contributed by atoms with Gasteiger partial charge in [-0.2, -0.15) is 0 Å². The number of hydrogen-bond donors (Lipinski definition) is 3. The van der Waals surface area contributed by atoms with Gasteiger partial charge in [0.1, 0.15) is 0 Å². The van der Waals surface area contributed by atoms with Gasteiger partial charge >= 0.3 is 5.97 Å². The molecule has 3 N–H and O–H groups in total. The Morgan fingerprint density at radius 2 is 1.92 bits per heavy atom. The van der Waals surface area contributed by atoms with Crippen LogP contribution in [0.3, 0.4) is 0 Å². The van der Waals surface area contributed by atoms with Crippen molar-refractivity contribution >= 4 is 28.1 Å². The molecule has 0 saturated heterocycles. The molecule has 1 aliphatic carbocycles. The van der Waals surface area contributed by atoms with Gasteiger partial charge in [-0.3, -0.25) is 0 Å². The fourth-order valence-electron chi connectivity index (χ4n) is 4.23. The Morgan fingerprint density at radius 3 is 2.50 bits per heavy atom. The van der Waals surface area contributed by atoms with Crippen LogP contribution in [0.5, 0.6) is 0 Å². The number of carboxylic acid groups (broad SMARTS) is 1. The maximum absolute atomic E-state index is 10.6. The van der Waals surface area contributed by atoms with Gasteiger partial charge in [0.15, 0.2) is 0 Å². The lowest BCUT2D eigenvalue weighted by atomic mass is 9.93. The highest BCUT2D eigenvalue weighted by Gasteiger charge is 2.35. The van der Waals surface area contributed by atoms with Crippen LogP contribution in [0.4, 0.5) is 0 Å². The van der Waals surface area contributed by atoms with Gasteiger partial charge in [0.25, 0.3) is 0 Å². The van der Waals surface area contributed by atoms with E-state index in [9.17, 15) is 9.90 Å². The number of hydrogen-bond acceptors (Lipinski definition) is 5. The summed E-state index contributed by atoms with van der Waals surface area (Å²) in [5, 5.41) is 26.6. The number of β-amino-alcohol motifs (C(OH)–C–C–N with tert-alkyl or cyclic N) is 1. The van der Waals surface area contributed by atoms with Crippen molar-refractivity contribution in [3.8, 4) is 0 Å². The predicted molar refractivity (Wildman–Crippen MR) is 149 cm³/mol. The van der Waals surface area contributed by atoms with Crippen LogP contribution in [0.15, 0.2) is 66.1 Å². The van der Waals surface area contributed by atoms with Crippen LogP contribution < -0.4 is 5.32 Å². The third-order valence-corrected chi connectivity index (χ3v) is 7.34. The van der Waals surface area contributed by atoms with E-state index in [0.717, 1.165) is 12.5 Å². The second kappa shape index (κ2) is 13.2. The maximum atomic E-state index is 10.6. The molecule has 4 rings (SSSR count). The lowest BCUT2D eigenvalue weighted by Gasteiger charge is -2.28. The molecule has 6 heteroatoms. The van der Waals surface area contributed by atoms with E-state index >= 15 is 0 Å². The molecule has 1 unspecified atom stereocenters. The van der Waals surface area contributed by atoms with Gasteiger partial charge in [0.05, 0.1) is 18.8 Å². The average molecular weight is 510 g/mol. The minimum atomic E-state index is -0.891. The summed E-state index contributed by atoms with van der Waals surface area (Å²) in [6.07, 6.45) is 5.56. The summed E-state index contributed by atoms with van der Waals surface area (Å²) in [5.41, 5.74) is 2.50. The highest BCUT2D eigenvalue weighted by molar-refractivity contribution is 7.10. The van der Waals surface area contributed by atoms with E-state index in [1.165, 1.54) is 45.7 Å². The van der Waals surface area contributed by atoms with Crippen molar-refractivity contribution < 1.29 is 19.7 Å². The number of thiophene rings is 1. The van der Waals surface area contributed by atoms with Crippen LogP contribution >= 0.6 is 11.3 Å². The summed E-state index contributed by atoms with van der Waals surface area (Å²) >= 11 is 1.77. The molecule has 1 saturated carbocycles. The number of aliphatic hydroxyl groups is 1. The number of carboxylic acids is 1. The lowest BCUT2D eigenvalue weighted by Crippen LogP contribution is -2.46. The van der Waals surface area contributed by atoms with Crippen molar-refractivity contribution in [3.05, 3.63) is 82.1 Å². The number of aliphatic carboxylic acids is 1. The Balaban J connectivity index is 0.000000538. The van der Waals surface area contributed by atoms with Crippen LogP contribution in [-0.2, 0) is 16.0 Å². The Labute approximate surface area is 218 Å². The monoisotopic (exact) mass is 509 g/mol. The van der Waals surface area contributed by atoms with E-state index < -0.39 is 12.1 Å². The summed E-state index contributed by atoms with van der Waals surface area (Å²) in [4.78, 5) is 10.8. The third-order valence-electron chi connectivity index (χ3n) is 6.26. The number of benzene rings is 2. The fourth-order valence-corrected chi connectivity index (χ4v) is 5.30. The molecule has 2 aromatic carbocycles. The van der Waals surface area contributed by atoms with E-state index in [-0.39, 0.29) is 11.6 Å². The van der Waals surface area contributed by atoms with Gasteiger partial charge in [0.2, 0.25) is 0 Å². The van der Waals surface area contributed by atoms with Crippen molar-refractivity contribution in [2.24, 2.45) is 5.92 Å². The number of allylic oxidation sites excluding steroid dienone is 1. The first kappa shape index (κ1) is 28.1. The van der Waals surface area contributed by atoms with E-state index in [0.29, 0.717) is 19.1 Å². The van der Waals surface area contributed by atoms with Gasteiger partial charge in [-0.15, -0.1) is 11.3 Å². The number of rotatable bonds is 11. The number of aliphatic hydroxyl groups excluding tert-OH is 1. The second-order valence-corrected chi connectivity index (χ2v) is 11.1. The zero-order valence-electron chi connectivity index (χ0n) is 21.7. The number of fused-ring (bicyclic) bond motifs is 1. The Bertz CT molecular complexity index is 1150. The van der Waals surface area contributed by atoms with Crippen LogP contribution in [-0.4, -0.2) is 41.0 Å². The Morgan fingerprint density at radius 1 is 1.19 bits per heavy atom. The van der Waals surface area contributed by atoms with Crippen LogP contribution in [0.1, 0.15) is 55.7 Å². The quantitative estimate of drug-likeness (QED) is 0.265. The Hall–Kier alpha value is -2.51. The molecule has 1 aliphatic rings. The highest BCUT2D eigenvalue weighted by atomic mass is 32.1. The molecule has 0 aliphatic heterocycles. The van der Waals surface area contributed by atoms with Gasteiger partial charge in [-0.1, -0.05) is 48.5 Å². The smallest absolute Gasteiger partial charge is 0.327 e. The van der Waals surface area contributed by atoms with Gasteiger partial charge < -0.3 is 20.3 Å². The topological polar surface area (TPSA) is 78.8 Å². The first-order valence-electron chi connectivity index (χ1n) is 12.6. The molecule has 5 nitrogen and oxygen atoms in total. The summed E-state index contributed by atoms with van der Waals surface area (Å²) < 4.78 is 6.21. The zero-order valence-corrected chi connectivity index (χ0v) is 22.6. The molecule has 1 heterocycles. The van der Waals surface area contributed by atoms with Crippen molar-refractivity contribution in [2.45, 2.75) is 64.7 Å². The third kappa shape index (κ3) is 8.86. The van der Waals surface area contributed by atoms with E-state index in [1.54, 1.807) is 18.3 Å². The van der Waals surface area contributed by atoms with Crippen molar-refractivity contribution in [2.75, 3.05) is 13.2 Å². The Kier molecular flexibility index (Phi) is 10.3. The fraction of sp³-hybridized carbons (Fsp3) is 0.433. The maximum Gasteiger partial charge on any atom is 0.327 e. The molecular formula is C30H39NO4S. The molecule has 194 valence electrons. The minimum Gasteiger partial charge on any atom is -0.478 e.